The van der Waals surface area contributed by atoms with Crippen LogP contribution in [0.5, 0.6) is 11.5 Å². The van der Waals surface area contributed by atoms with Gasteiger partial charge in [0.2, 0.25) is 0 Å². The number of esters is 1. The first-order chi connectivity index (χ1) is 9.21. The zero-order chi connectivity index (χ0) is 14.1. The van der Waals surface area contributed by atoms with Crippen LogP contribution >= 0.6 is 0 Å². The lowest BCUT2D eigenvalue weighted by molar-refractivity contribution is -0.140. The molecule has 0 spiro atoms. The van der Waals surface area contributed by atoms with E-state index in [9.17, 15) is 4.79 Å². The molecule has 0 heterocycles. The second kappa shape index (κ2) is 8.19. The minimum absolute atomic E-state index is 0.223. The third-order valence-corrected chi connectivity index (χ3v) is 2.56. The molecule has 0 bridgehead atoms. The van der Waals surface area contributed by atoms with E-state index in [1.54, 1.807) is 7.11 Å². The fourth-order valence-electron chi connectivity index (χ4n) is 1.60. The van der Waals surface area contributed by atoms with Crippen LogP contribution in [-0.2, 0) is 9.53 Å². The summed E-state index contributed by atoms with van der Waals surface area (Å²) < 4.78 is 15.4. The van der Waals surface area contributed by atoms with Gasteiger partial charge in [0.25, 0.3) is 0 Å². The highest BCUT2D eigenvalue weighted by Crippen LogP contribution is 2.28. The topological polar surface area (TPSA) is 44.8 Å². The number of benzene rings is 1. The summed E-state index contributed by atoms with van der Waals surface area (Å²) in [5.74, 6) is 1.15. The molecular formula is C15H20O4. The van der Waals surface area contributed by atoms with Crippen LogP contribution in [0.25, 0.3) is 6.08 Å². The van der Waals surface area contributed by atoms with Crippen molar-refractivity contribution in [3.8, 4) is 11.5 Å². The molecule has 0 saturated carbocycles. The quantitative estimate of drug-likeness (QED) is 0.561. The summed E-state index contributed by atoms with van der Waals surface area (Å²) in [6.07, 6.45) is 4.93. The van der Waals surface area contributed by atoms with Crippen molar-refractivity contribution < 1.29 is 19.0 Å². The maximum absolute atomic E-state index is 11.0. The van der Waals surface area contributed by atoms with E-state index in [1.807, 2.05) is 37.3 Å². The van der Waals surface area contributed by atoms with Gasteiger partial charge in [-0.05, 0) is 31.0 Å². The molecule has 1 aromatic rings. The SMILES string of the molecule is CC=Cc1ccc(OCCCC(=O)OC)c(OC)c1. The molecule has 0 fully saturated rings. The molecule has 104 valence electrons. The average Bonchev–Trinajstić information content (AvgIpc) is 2.44. The van der Waals surface area contributed by atoms with Gasteiger partial charge in [-0.25, -0.2) is 0 Å². The molecule has 4 heteroatoms. The summed E-state index contributed by atoms with van der Waals surface area (Å²) in [6.45, 7) is 2.41. The lowest BCUT2D eigenvalue weighted by Crippen LogP contribution is -2.05. The normalized spacial score (nSPS) is 10.5. The third kappa shape index (κ3) is 5.04. The van der Waals surface area contributed by atoms with Crippen molar-refractivity contribution in [2.75, 3.05) is 20.8 Å². The fraction of sp³-hybridized carbons (Fsp3) is 0.400. The molecule has 0 radical (unpaired) electrons. The molecule has 0 aliphatic heterocycles. The average molecular weight is 264 g/mol. The zero-order valence-electron chi connectivity index (χ0n) is 11.6. The van der Waals surface area contributed by atoms with Crippen molar-refractivity contribution in [3.05, 3.63) is 29.8 Å². The van der Waals surface area contributed by atoms with Crippen LogP contribution in [0.3, 0.4) is 0 Å². The summed E-state index contributed by atoms with van der Waals surface area (Å²) in [5, 5.41) is 0. The number of carbonyl (C=O) groups excluding carboxylic acids is 1. The molecule has 0 aliphatic rings. The Morgan fingerprint density at radius 2 is 2.05 bits per heavy atom. The molecule has 0 atom stereocenters. The maximum Gasteiger partial charge on any atom is 0.305 e. The van der Waals surface area contributed by atoms with E-state index < -0.39 is 0 Å². The Morgan fingerprint density at radius 1 is 1.26 bits per heavy atom. The molecule has 0 amide bonds. The number of methoxy groups -OCH3 is 2. The van der Waals surface area contributed by atoms with Gasteiger partial charge in [-0.2, -0.15) is 0 Å². The van der Waals surface area contributed by atoms with E-state index in [0.717, 1.165) is 5.56 Å². The minimum atomic E-state index is -0.223. The van der Waals surface area contributed by atoms with Crippen molar-refractivity contribution in [1.82, 2.24) is 0 Å². The smallest absolute Gasteiger partial charge is 0.305 e. The first kappa shape index (κ1) is 15.1. The largest absolute Gasteiger partial charge is 0.493 e. The van der Waals surface area contributed by atoms with Crippen molar-refractivity contribution in [2.45, 2.75) is 19.8 Å². The van der Waals surface area contributed by atoms with Gasteiger partial charge in [0.15, 0.2) is 11.5 Å². The Labute approximate surface area is 114 Å². The maximum atomic E-state index is 11.0. The van der Waals surface area contributed by atoms with Crippen LogP contribution in [0.4, 0.5) is 0 Å². The van der Waals surface area contributed by atoms with Crippen molar-refractivity contribution in [2.24, 2.45) is 0 Å². The van der Waals surface area contributed by atoms with E-state index in [1.165, 1.54) is 7.11 Å². The van der Waals surface area contributed by atoms with Crippen LogP contribution < -0.4 is 9.47 Å². The van der Waals surface area contributed by atoms with E-state index in [0.29, 0.717) is 30.9 Å². The molecule has 0 aromatic heterocycles. The first-order valence-corrected chi connectivity index (χ1v) is 6.21. The highest BCUT2D eigenvalue weighted by Gasteiger charge is 2.05. The Morgan fingerprint density at radius 3 is 2.68 bits per heavy atom. The number of allylic oxidation sites excluding steroid dienone is 1. The third-order valence-electron chi connectivity index (χ3n) is 2.56. The predicted octanol–water partition coefficient (Wildman–Crippen LogP) is 3.06. The minimum Gasteiger partial charge on any atom is -0.493 e. The molecule has 0 N–H and O–H groups in total. The van der Waals surface area contributed by atoms with Crippen LogP contribution in [-0.4, -0.2) is 26.8 Å². The van der Waals surface area contributed by atoms with Gasteiger partial charge in [0, 0.05) is 6.42 Å². The Bertz CT molecular complexity index is 438. The molecule has 0 unspecified atom stereocenters. The number of hydrogen-bond donors (Lipinski definition) is 0. The van der Waals surface area contributed by atoms with Crippen molar-refractivity contribution >= 4 is 12.0 Å². The highest BCUT2D eigenvalue weighted by molar-refractivity contribution is 5.69. The zero-order valence-corrected chi connectivity index (χ0v) is 11.6. The van der Waals surface area contributed by atoms with Crippen molar-refractivity contribution in [1.29, 1.82) is 0 Å². The number of ether oxygens (including phenoxy) is 3. The van der Waals surface area contributed by atoms with E-state index in [4.69, 9.17) is 9.47 Å². The molecular weight excluding hydrogens is 244 g/mol. The molecule has 1 rings (SSSR count). The summed E-state index contributed by atoms with van der Waals surface area (Å²) in [7, 11) is 2.99. The Hall–Kier alpha value is -1.97. The van der Waals surface area contributed by atoms with Crippen LogP contribution in [0.1, 0.15) is 25.3 Å². The number of rotatable bonds is 7. The second-order valence-electron chi connectivity index (χ2n) is 3.94. The van der Waals surface area contributed by atoms with Gasteiger partial charge < -0.3 is 14.2 Å². The van der Waals surface area contributed by atoms with Gasteiger partial charge in [-0.3, -0.25) is 4.79 Å². The summed E-state index contributed by atoms with van der Waals surface area (Å²) in [5.41, 5.74) is 1.06. The fourth-order valence-corrected chi connectivity index (χ4v) is 1.60. The van der Waals surface area contributed by atoms with Crippen LogP contribution in [0.15, 0.2) is 24.3 Å². The Kier molecular flexibility index (Phi) is 6.50. The molecule has 0 saturated heterocycles. The lowest BCUT2D eigenvalue weighted by atomic mass is 10.2. The number of hydrogen-bond acceptors (Lipinski definition) is 4. The molecule has 4 nitrogen and oxygen atoms in total. The van der Waals surface area contributed by atoms with Crippen LogP contribution in [0, 0.1) is 0 Å². The summed E-state index contributed by atoms with van der Waals surface area (Å²) in [6, 6.07) is 5.74. The highest BCUT2D eigenvalue weighted by atomic mass is 16.5. The molecule has 0 aliphatic carbocycles. The summed E-state index contributed by atoms with van der Waals surface area (Å²) >= 11 is 0. The Balaban J connectivity index is 2.55. The lowest BCUT2D eigenvalue weighted by Gasteiger charge is -2.11. The van der Waals surface area contributed by atoms with Gasteiger partial charge in [0.1, 0.15) is 0 Å². The predicted molar refractivity (Wildman–Crippen MR) is 74.4 cm³/mol. The van der Waals surface area contributed by atoms with Crippen LogP contribution in [0.2, 0.25) is 0 Å². The van der Waals surface area contributed by atoms with Gasteiger partial charge in [-0.15, -0.1) is 0 Å². The monoisotopic (exact) mass is 264 g/mol. The standard InChI is InChI=1S/C15H20O4/c1-4-6-12-8-9-13(14(11-12)17-2)19-10-5-7-15(16)18-3/h4,6,8-9,11H,5,7,10H2,1-3H3. The summed E-state index contributed by atoms with van der Waals surface area (Å²) in [4.78, 5) is 11.0. The molecule has 1 aromatic carbocycles. The van der Waals surface area contributed by atoms with Gasteiger partial charge >= 0.3 is 5.97 Å². The van der Waals surface area contributed by atoms with E-state index in [-0.39, 0.29) is 5.97 Å². The second-order valence-corrected chi connectivity index (χ2v) is 3.94. The molecule has 19 heavy (non-hydrogen) atoms. The van der Waals surface area contributed by atoms with E-state index in [2.05, 4.69) is 4.74 Å². The van der Waals surface area contributed by atoms with Gasteiger partial charge in [0.05, 0.1) is 20.8 Å². The van der Waals surface area contributed by atoms with E-state index >= 15 is 0 Å². The van der Waals surface area contributed by atoms with Gasteiger partial charge in [-0.1, -0.05) is 18.2 Å². The number of carbonyl (C=O) groups is 1. The van der Waals surface area contributed by atoms with Crippen molar-refractivity contribution in [3.63, 3.8) is 0 Å². The first-order valence-electron chi connectivity index (χ1n) is 6.21.